The molecule has 4 rings (SSSR count). The fraction of sp³-hybridized carbons (Fsp3) is 0.581. The van der Waals surface area contributed by atoms with Gasteiger partial charge in [0.2, 0.25) is 11.9 Å². The van der Waals surface area contributed by atoms with Crippen LogP contribution in [0.4, 0.5) is 15.9 Å². The number of nitrogens with zero attached hydrogens (tertiary/aromatic N) is 4. The number of carbonyl (C=O) groups is 2. The number of carbonyl (C=O) groups excluding carboxylic acids is 2. The third-order valence-corrected chi connectivity index (χ3v) is 9.44. The van der Waals surface area contributed by atoms with Crippen molar-refractivity contribution in [1.29, 1.82) is 0 Å². The molecule has 44 heavy (non-hydrogen) atoms. The van der Waals surface area contributed by atoms with Crippen molar-refractivity contribution in [1.82, 2.24) is 20.1 Å². The highest BCUT2D eigenvalue weighted by atomic mass is 32.3. The quantitative estimate of drug-likeness (QED) is 0.132. The van der Waals surface area contributed by atoms with Crippen LogP contribution in [-0.4, -0.2) is 76.0 Å². The van der Waals surface area contributed by atoms with E-state index in [1.54, 1.807) is 11.6 Å². The summed E-state index contributed by atoms with van der Waals surface area (Å²) in [5.74, 6) is -0.185. The Morgan fingerprint density at radius 3 is 2.41 bits per heavy atom. The largest absolute Gasteiger partial charge is 0.405 e. The second kappa shape index (κ2) is 14.1. The molecule has 2 aromatic rings. The first-order chi connectivity index (χ1) is 20.8. The van der Waals surface area contributed by atoms with Crippen molar-refractivity contribution in [2.45, 2.75) is 59.2 Å². The number of halogens is 1. The summed E-state index contributed by atoms with van der Waals surface area (Å²) in [4.78, 5) is 35.2. The zero-order chi connectivity index (χ0) is 32.2. The molecule has 11 nitrogen and oxygen atoms in total. The molecule has 0 aliphatic heterocycles. The Morgan fingerprint density at radius 2 is 1.86 bits per heavy atom. The highest BCUT2D eigenvalue weighted by Gasteiger charge is 2.48. The summed E-state index contributed by atoms with van der Waals surface area (Å²) in [5.41, 5.74) is 14.1. The third-order valence-electron chi connectivity index (χ3n) is 8.04. The van der Waals surface area contributed by atoms with Gasteiger partial charge >= 0.3 is 0 Å². The van der Waals surface area contributed by atoms with Gasteiger partial charge in [0, 0.05) is 35.3 Å². The minimum Gasteiger partial charge on any atom is -0.405 e. The van der Waals surface area contributed by atoms with Gasteiger partial charge in [0.15, 0.2) is 0 Å². The number of nitrogens with one attached hydrogen (secondary N) is 2. The minimum atomic E-state index is -0.843. The Hall–Kier alpha value is -3.45. The van der Waals surface area contributed by atoms with Gasteiger partial charge in [-0.2, -0.15) is 9.49 Å². The molecule has 2 heterocycles. The molecule has 1 atom stereocenters. The number of aromatic nitrogens is 3. The van der Waals surface area contributed by atoms with Crippen LogP contribution in [0.2, 0.25) is 0 Å². The predicted octanol–water partition coefficient (Wildman–Crippen LogP) is 3.74. The monoisotopic (exact) mass is 630 g/mol. The number of nitrogens with two attached hydrogens (primary N) is 2. The highest BCUT2D eigenvalue weighted by Crippen LogP contribution is 2.51. The molecule has 6 N–H and O–H groups in total. The van der Waals surface area contributed by atoms with Gasteiger partial charge in [-0.1, -0.05) is 0 Å². The van der Waals surface area contributed by atoms with Crippen molar-refractivity contribution in [2.75, 3.05) is 48.7 Å². The number of pyridine rings is 1. The maximum absolute atomic E-state index is 15.7. The predicted molar refractivity (Wildman–Crippen MR) is 176 cm³/mol. The molecule has 0 radical (unpaired) electrons. The average molecular weight is 631 g/mol. The van der Waals surface area contributed by atoms with Crippen LogP contribution < -0.4 is 22.1 Å². The number of hydrogen-bond acceptors (Lipinski definition) is 8. The van der Waals surface area contributed by atoms with E-state index in [9.17, 15) is 9.59 Å². The Labute approximate surface area is 260 Å². The summed E-state index contributed by atoms with van der Waals surface area (Å²) in [5, 5.41) is 10.2. The lowest BCUT2D eigenvalue weighted by Gasteiger charge is -2.27. The van der Waals surface area contributed by atoms with Crippen molar-refractivity contribution < 1.29 is 18.7 Å². The van der Waals surface area contributed by atoms with Gasteiger partial charge in [-0.15, -0.1) is 0 Å². The van der Waals surface area contributed by atoms with Crippen LogP contribution in [0.3, 0.4) is 0 Å². The van der Waals surface area contributed by atoms with Crippen molar-refractivity contribution in [2.24, 2.45) is 28.5 Å². The number of nitrogen functional groups attached to an aromatic ring is 1. The Bertz CT molecular complexity index is 1390. The van der Waals surface area contributed by atoms with E-state index in [0.29, 0.717) is 41.9 Å². The van der Waals surface area contributed by atoms with Crippen LogP contribution >= 0.6 is 10.0 Å². The lowest BCUT2D eigenvalue weighted by Crippen LogP contribution is -2.51. The van der Waals surface area contributed by atoms with E-state index in [0.717, 1.165) is 31.4 Å². The van der Waals surface area contributed by atoms with E-state index in [1.165, 1.54) is 18.3 Å². The number of rotatable bonds is 15. The first kappa shape index (κ1) is 33.4. The number of hydrogen-bond donors (Lipinski definition) is 4. The summed E-state index contributed by atoms with van der Waals surface area (Å²) in [6.07, 6.45) is 13.4. The van der Waals surface area contributed by atoms with Crippen LogP contribution in [-0.2, 0) is 21.1 Å². The molecule has 1 unspecified atom stereocenters. The van der Waals surface area contributed by atoms with E-state index >= 15 is 4.39 Å². The molecule has 13 heteroatoms. The first-order valence-electron chi connectivity index (χ1n) is 15.1. The van der Waals surface area contributed by atoms with Crippen molar-refractivity contribution in [3.05, 3.63) is 35.7 Å². The standard InChI is InChI=1S/C31H47FN8O3S/c1-7-35-23(12-13-33)30(41)38-28(26(20-8-9-20)21-10-11-21)31(42)37-24-16-22(34)27(29(32)36-24)25-18(2)39-40(19(25)3)17-43-14-15-44(4,5)6/h12-13,16,20-21,26,28H,7-11,14-15,17,33H2,1-6H3,(H,38,41)(H3,34,36,37,42). The Kier molecular flexibility index (Phi) is 10.7. The average Bonchev–Trinajstić information content (AvgIpc) is 3.87. The molecule has 242 valence electrons. The molecule has 0 aromatic carbocycles. The fourth-order valence-corrected chi connectivity index (χ4v) is 6.22. The molecule has 0 spiro atoms. The number of anilines is 2. The van der Waals surface area contributed by atoms with Crippen LogP contribution in [0, 0.1) is 37.5 Å². The highest BCUT2D eigenvalue weighted by molar-refractivity contribution is 8.32. The van der Waals surface area contributed by atoms with Gasteiger partial charge in [-0.25, -0.2) is 19.7 Å². The number of aliphatic imine (C=N–C) groups is 1. The smallest absolute Gasteiger partial charge is 0.270 e. The summed E-state index contributed by atoms with van der Waals surface area (Å²) in [6.45, 7) is 6.67. The summed E-state index contributed by atoms with van der Waals surface area (Å²) < 4.78 is 23.2. The molecular formula is C31H47FN8O3S. The molecule has 2 saturated carbocycles. The van der Waals surface area contributed by atoms with Gasteiger partial charge < -0.3 is 26.8 Å². The zero-order valence-electron chi connectivity index (χ0n) is 26.7. The molecule has 2 aromatic heterocycles. The second-order valence-electron chi connectivity index (χ2n) is 12.6. The van der Waals surface area contributed by atoms with E-state index in [4.69, 9.17) is 16.2 Å². The van der Waals surface area contributed by atoms with Gasteiger partial charge in [0.25, 0.3) is 5.91 Å². The van der Waals surface area contributed by atoms with Crippen LogP contribution in [0.15, 0.2) is 23.3 Å². The SMILES string of the molecule is CCN=C(C=CN)C(=O)NC(C(=O)Nc1cc(N)c(-c2c(C)nn(COCCS(C)(C)C)c2C)c(F)n1)C(C1CC1)C1CC1. The number of ether oxygens (including phenoxy) is 1. The summed E-state index contributed by atoms with van der Waals surface area (Å²) in [6, 6.07) is 0.599. The van der Waals surface area contributed by atoms with E-state index in [-0.39, 0.29) is 35.4 Å². The topological polar surface area (TPSA) is 163 Å². The first-order valence-corrected chi connectivity index (χ1v) is 18.2. The van der Waals surface area contributed by atoms with E-state index in [1.807, 2.05) is 13.8 Å². The van der Waals surface area contributed by atoms with Crippen LogP contribution in [0.1, 0.15) is 44.0 Å². The number of amides is 2. The summed E-state index contributed by atoms with van der Waals surface area (Å²) >= 11 is 0. The van der Waals surface area contributed by atoms with Gasteiger partial charge in [-0.3, -0.25) is 14.6 Å². The molecule has 2 aliphatic carbocycles. The lowest BCUT2D eigenvalue weighted by molar-refractivity contribution is -0.124. The maximum Gasteiger partial charge on any atom is 0.270 e. The van der Waals surface area contributed by atoms with Crippen molar-refractivity contribution >= 4 is 39.1 Å². The van der Waals surface area contributed by atoms with Crippen LogP contribution in [0.5, 0.6) is 0 Å². The van der Waals surface area contributed by atoms with E-state index < -0.39 is 33.8 Å². The molecule has 0 bridgehead atoms. The fourth-order valence-electron chi connectivity index (χ4n) is 5.60. The molecule has 2 amide bonds. The van der Waals surface area contributed by atoms with Crippen molar-refractivity contribution in [3.63, 3.8) is 0 Å². The van der Waals surface area contributed by atoms with Gasteiger partial charge in [0.1, 0.15) is 24.3 Å². The van der Waals surface area contributed by atoms with Crippen LogP contribution in [0.25, 0.3) is 11.1 Å². The molecule has 0 saturated heterocycles. The Morgan fingerprint density at radius 1 is 1.20 bits per heavy atom. The molecule has 2 fully saturated rings. The second-order valence-corrected chi connectivity index (χ2v) is 17.1. The van der Waals surface area contributed by atoms with Crippen molar-refractivity contribution in [3.8, 4) is 11.1 Å². The van der Waals surface area contributed by atoms with E-state index in [2.05, 4.69) is 44.5 Å². The molecular weight excluding hydrogens is 583 g/mol. The normalized spacial score (nSPS) is 16.9. The minimum absolute atomic E-state index is 0.0293. The molecule has 2 aliphatic rings. The van der Waals surface area contributed by atoms with Gasteiger partial charge in [0.05, 0.1) is 17.9 Å². The third kappa shape index (κ3) is 8.38. The number of aryl methyl sites for hydroxylation is 1. The Balaban J connectivity index is 1.55. The lowest BCUT2D eigenvalue weighted by atomic mass is 9.88. The summed E-state index contributed by atoms with van der Waals surface area (Å²) in [7, 11) is -0.679. The van der Waals surface area contributed by atoms with Gasteiger partial charge in [-0.05, 0) is 95.3 Å². The zero-order valence-corrected chi connectivity index (χ0v) is 27.5. The maximum atomic E-state index is 15.7.